The van der Waals surface area contributed by atoms with Gasteiger partial charge < -0.3 is 16.3 Å². The maximum Gasteiger partial charge on any atom is 0.253 e. The number of benzene rings is 1. The molecule has 0 radical (unpaired) electrons. The Morgan fingerprint density at radius 1 is 1.59 bits per heavy atom. The van der Waals surface area contributed by atoms with Crippen LogP contribution < -0.4 is 11.1 Å². The van der Waals surface area contributed by atoms with E-state index in [1.54, 1.807) is 13.0 Å². The highest BCUT2D eigenvalue weighted by atomic mass is 79.9. The summed E-state index contributed by atoms with van der Waals surface area (Å²) in [5.74, 6) is -0.322. The van der Waals surface area contributed by atoms with Gasteiger partial charge in [0, 0.05) is 4.47 Å². The van der Waals surface area contributed by atoms with Gasteiger partial charge in [-0.3, -0.25) is 4.79 Å². The standard InChI is InChI=1S/C11H14BrN3O2/c1-6-3-4-8(9(12)5-6)11(16)14-7(2)10(13)15-17/h3-5,7,17H,1-2H3,(H2,13,15)(H,14,16). The smallest absolute Gasteiger partial charge is 0.253 e. The Morgan fingerprint density at radius 3 is 2.76 bits per heavy atom. The number of amidine groups is 1. The Kier molecular flexibility index (Phi) is 4.51. The second kappa shape index (κ2) is 5.67. The number of carbonyl (C=O) groups is 1. The molecule has 92 valence electrons. The number of amides is 1. The van der Waals surface area contributed by atoms with Crippen LogP contribution in [0.25, 0.3) is 0 Å². The third-order valence-electron chi connectivity index (χ3n) is 2.28. The number of carbonyl (C=O) groups excluding carboxylic acids is 1. The fourth-order valence-corrected chi connectivity index (χ4v) is 1.91. The lowest BCUT2D eigenvalue weighted by molar-refractivity contribution is 0.0948. The predicted molar refractivity (Wildman–Crippen MR) is 69.2 cm³/mol. The number of nitrogens with two attached hydrogens (primary N) is 1. The maximum absolute atomic E-state index is 11.9. The van der Waals surface area contributed by atoms with Gasteiger partial charge in [-0.1, -0.05) is 11.2 Å². The van der Waals surface area contributed by atoms with Crippen molar-refractivity contribution in [3.05, 3.63) is 33.8 Å². The van der Waals surface area contributed by atoms with Gasteiger partial charge in [-0.25, -0.2) is 0 Å². The summed E-state index contributed by atoms with van der Waals surface area (Å²) in [6.07, 6.45) is 0. The molecule has 0 aliphatic rings. The minimum absolute atomic E-state index is 0.0402. The molecule has 0 saturated heterocycles. The summed E-state index contributed by atoms with van der Waals surface area (Å²) in [7, 11) is 0. The number of aryl methyl sites for hydroxylation is 1. The van der Waals surface area contributed by atoms with Crippen molar-refractivity contribution in [1.82, 2.24) is 5.32 Å². The molecule has 0 aliphatic carbocycles. The monoisotopic (exact) mass is 299 g/mol. The maximum atomic E-state index is 11.9. The van der Waals surface area contributed by atoms with Crippen LogP contribution in [0.15, 0.2) is 27.8 Å². The van der Waals surface area contributed by atoms with Crippen LogP contribution in [0.4, 0.5) is 0 Å². The Labute approximate surface area is 108 Å². The van der Waals surface area contributed by atoms with Crippen molar-refractivity contribution >= 4 is 27.7 Å². The van der Waals surface area contributed by atoms with E-state index in [1.807, 2.05) is 19.1 Å². The molecule has 0 aromatic heterocycles. The van der Waals surface area contributed by atoms with Crippen molar-refractivity contribution in [3.63, 3.8) is 0 Å². The van der Waals surface area contributed by atoms with E-state index in [0.717, 1.165) is 5.56 Å². The first-order valence-corrected chi connectivity index (χ1v) is 5.79. The van der Waals surface area contributed by atoms with Crippen molar-refractivity contribution in [1.29, 1.82) is 0 Å². The van der Waals surface area contributed by atoms with Crippen molar-refractivity contribution in [2.45, 2.75) is 19.9 Å². The molecule has 1 amide bonds. The number of nitrogens with zero attached hydrogens (tertiary/aromatic N) is 1. The van der Waals surface area contributed by atoms with E-state index in [9.17, 15) is 4.79 Å². The molecule has 0 aliphatic heterocycles. The summed E-state index contributed by atoms with van der Waals surface area (Å²) in [4.78, 5) is 11.9. The lowest BCUT2D eigenvalue weighted by Crippen LogP contribution is -2.42. The third kappa shape index (κ3) is 3.45. The van der Waals surface area contributed by atoms with Gasteiger partial charge in [-0.15, -0.1) is 0 Å². The lowest BCUT2D eigenvalue weighted by atomic mass is 10.1. The SMILES string of the molecule is Cc1ccc(C(=O)NC(C)/C(N)=N/O)c(Br)c1. The summed E-state index contributed by atoms with van der Waals surface area (Å²) in [5.41, 5.74) is 6.94. The first-order valence-electron chi connectivity index (χ1n) is 5.00. The zero-order valence-electron chi connectivity index (χ0n) is 9.57. The van der Waals surface area contributed by atoms with Crippen LogP contribution in [0, 0.1) is 6.92 Å². The molecule has 6 heteroatoms. The highest BCUT2D eigenvalue weighted by Crippen LogP contribution is 2.18. The summed E-state index contributed by atoms with van der Waals surface area (Å²) >= 11 is 3.32. The van der Waals surface area contributed by atoms with Gasteiger partial charge in [0.1, 0.15) is 0 Å². The van der Waals surface area contributed by atoms with E-state index < -0.39 is 6.04 Å². The minimum Gasteiger partial charge on any atom is -0.409 e. The van der Waals surface area contributed by atoms with E-state index in [2.05, 4.69) is 26.4 Å². The van der Waals surface area contributed by atoms with Crippen molar-refractivity contribution < 1.29 is 10.0 Å². The average molecular weight is 300 g/mol. The molecule has 1 aromatic rings. The van der Waals surface area contributed by atoms with Crippen LogP contribution >= 0.6 is 15.9 Å². The molecule has 1 unspecified atom stereocenters. The number of nitrogens with one attached hydrogen (secondary N) is 1. The van der Waals surface area contributed by atoms with Gasteiger partial charge in [0.05, 0.1) is 11.6 Å². The van der Waals surface area contributed by atoms with Gasteiger partial charge in [0.25, 0.3) is 5.91 Å². The zero-order chi connectivity index (χ0) is 13.0. The molecule has 0 heterocycles. The van der Waals surface area contributed by atoms with Crippen LogP contribution in [0.1, 0.15) is 22.8 Å². The molecule has 0 spiro atoms. The van der Waals surface area contributed by atoms with Crippen molar-refractivity contribution in [3.8, 4) is 0 Å². The molecule has 4 N–H and O–H groups in total. The molecule has 5 nitrogen and oxygen atoms in total. The quantitative estimate of drug-likeness (QED) is 0.343. The van der Waals surface area contributed by atoms with Crippen LogP contribution in [0.3, 0.4) is 0 Å². The van der Waals surface area contributed by atoms with Gasteiger partial charge in [0.2, 0.25) is 0 Å². The van der Waals surface area contributed by atoms with Gasteiger partial charge >= 0.3 is 0 Å². The molecule has 1 rings (SSSR count). The molecule has 1 aromatic carbocycles. The summed E-state index contributed by atoms with van der Waals surface area (Å²) < 4.78 is 0.710. The summed E-state index contributed by atoms with van der Waals surface area (Å²) in [5, 5.41) is 13.9. The summed E-state index contributed by atoms with van der Waals surface area (Å²) in [6, 6.07) is 4.88. The Balaban J connectivity index is 2.84. The molecule has 1 atom stereocenters. The molecular formula is C11H14BrN3O2. The van der Waals surface area contributed by atoms with Crippen molar-refractivity contribution in [2.75, 3.05) is 0 Å². The van der Waals surface area contributed by atoms with E-state index >= 15 is 0 Å². The Hall–Kier alpha value is -1.56. The molecular weight excluding hydrogens is 286 g/mol. The molecule has 17 heavy (non-hydrogen) atoms. The Bertz CT molecular complexity index is 460. The number of oxime groups is 1. The molecule has 0 saturated carbocycles. The first kappa shape index (κ1) is 13.5. The molecule has 0 bridgehead atoms. The highest BCUT2D eigenvalue weighted by Gasteiger charge is 2.15. The highest BCUT2D eigenvalue weighted by molar-refractivity contribution is 9.10. The van der Waals surface area contributed by atoms with Crippen LogP contribution in [-0.4, -0.2) is 23.0 Å². The van der Waals surface area contributed by atoms with Crippen LogP contribution in [-0.2, 0) is 0 Å². The predicted octanol–water partition coefficient (Wildman–Crippen LogP) is 1.62. The van der Waals surface area contributed by atoms with Gasteiger partial charge in [0.15, 0.2) is 5.84 Å². The van der Waals surface area contributed by atoms with E-state index in [0.29, 0.717) is 10.0 Å². The van der Waals surface area contributed by atoms with Gasteiger partial charge in [-0.05, 0) is 47.5 Å². The number of rotatable bonds is 3. The fraction of sp³-hybridized carbons (Fsp3) is 0.273. The third-order valence-corrected chi connectivity index (χ3v) is 2.93. The second-order valence-corrected chi connectivity index (χ2v) is 4.56. The number of hydrogen-bond donors (Lipinski definition) is 3. The fourth-order valence-electron chi connectivity index (χ4n) is 1.24. The summed E-state index contributed by atoms with van der Waals surface area (Å²) in [6.45, 7) is 3.57. The number of hydrogen-bond acceptors (Lipinski definition) is 3. The minimum atomic E-state index is -0.527. The second-order valence-electron chi connectivity index (χ2n) is 3.70. The lowest BCUT2D eigenvalue weighted by Gasteiger charge is -2.13. The van der Waals surface area contributed by atoms with E-state index in [4.69, 9.17) is 10.9 Å². The van der Waals surface area contributed by atoms with E-state index in [-0.39, 0.29) is 11.7 Å². The van der Waals surface area contributed by atoms with Crippen LogP contribution in [0.5, 0.6) is 0 Å². The largest absolute Gasteiger partial charge is 0.409 e. The first-order chi connectivity index (χ1) is 7.95. The van der Waals surface area contributed by atoms with Crippen LogP contribution in [0.2, 0.25) is 0 Å². The topological polar surface area (TPSA) is 87.7 Å². The Morgan fingerprint density at radius 2 is 2.24 bits per heavy atom. The van der Waals surface area contributed by atoms with Gasteiger partial charge in [-0.2, -0.15) is 0 Å². The average Bonchev–Trinajstić information content (AvgIpc) is 2.27. The van der Waals surface area contributed by atoms with E-state index in [1.165, 1.54) is 0 Å². The molecule has 0 fully saturated rings. The number of halogens is 1. The van der Waals surface area contributed by atoms with Crippen molar-refractivity contribution in [2.24, 2.45) is 10.9 Å². The zero-order valence-corrected chi connectivity index (χ0v) is 11.2. The normalized spacial score (nSPS) is 13.2.